The molecule has 1 N–H and O–H groups in total. The second-order valence-corrected chi connectivity index (χ2v) is 6.00. The Bertz CT molecular complexity index is 869. The van der Waals surface area contributed by atoms with Crippen LogP contribution in [-0.2, 0) is 0 Å². The van der Waals surface area contributed by atoms with Gasteiger partial charge in [0.25, 0.3) is 5.91 Å². The fraction of sp³-hybridized carbons (Fsp3) is 0.176. The molecule has 3 rings (SSSR count). The van der Waals surface area contributed by atoms with E-state index in [2.05, 4.69) is 10.3 Å². The first kappa shape index (κ1) is 16.1. The van der Waals surface area contributed by atoms with Gasteiger partial charge < -0.3 is 19.2 Å². The summed E-state index contributed by atoms with van der Waals surface area (Å²) in [5.41, 5.74) is 1.22. The summed E-state index contributed by atoms with van der Waals surface area (Å²) in [5.74, 6) is 1.53. The smallest absolute Gasteiger partial charge is 0.291 e. The van der Waals surface area contributed by atoms with Crippen molar-refractivity contribution in [2.75, 3.05) is 19.5 Å². The molecule has 0 bridgehead atoms. The number of methoxy groups -OCH3 is 2. The van der Waals surface area contributed by atoms with Gasteiger partial charge in [-0.2, -0.15) is 0 Å². The number of ether oxygens (including phenoxy) is 2. The predicted molar refractivity (Wildman–Crippen MR) is 92.1 cm³/mol. The molecule has 6 nitrogen and oxygen atoms in total. The van der Waals surface area contributed by atoms with Gasteiger partial charge in [-0.25, -0.2) is 4.98 Å². The van der Waals surface area contributed by atoms with E-state index in [0.29, 0.717) is 22.9 Å². The maximum Gasteiger partial charge on any atom is 0.291 e. The molecule has 2 heterocycles. The van der Waals surface area contributed by atoms with Gasteiger partial charge in [-0.3, -0.25) is 4.79 Å². The van der Waals surface area contributed by atoms with Crippen molar-refractivity contribution in [3.63, 3.8) is 0 Å². The summed E-state index contributed by atoms with van der Waals surface area (Å²) in [7, 11) is 3.09. The lowest BCUT2D eigenvalue weighted by molar-refractivity contribution is 0.0997. The lowest BCUT2D eigenvalue weighted by atomic mass is 10.2. The molecule has 0 aliphatic rings. The van der Waals surface area contributed by atoms with E-state index < -0.39 is 0 Å². The molecule has 0 saturated heterocycles. The Morgan fingerprint density at radius 3 is 2.71 bits per heavy atom. The summed E-state index contributed by atoms with van der Waals surface area (Å²) >= 11 is 1.53. The molecular formula is C17H16N2O4S. The van der Waals surface area contributed by atoms with Crippen LogP contribution in [0.1, 0.15) is 15.6 Å². The van der Waals surface area contributed by atoms with Gasteiger partial charge in [0.1, 0.15) is 17.2 Å². The standard InChI is InChI=1S/C17H16N2O4S/c1-10-18-13(9-24-10)15-6-7-16(23-15)17(20)19-12-8-11(21-2)4-5-14(12)22-3/h4-9H,1-3H3,(H,19,20). The average molecular weight is 344 g/mol. The van der Waals surface area contributed by atoms with Crippen LogP contribution in [0.15, 0.2) is 40.1 Å². The van der Waals surface area contributed by atoms with E-state index in [-0.39, 0.29) is 11.7 Å². The van der Waals surface area contributed by atoms with Crippen molar-refractivity contribution in [3.8, 4) is 23.0 Å². The molecule has 1 aromatic carbocycles. The Hall–Kier alpha value is -2.80. The first-order chi connectivity index (χ1) is 11.6. The molecule has 0 radical (unpaired) electrons. The minimum Gasteiger partial charge on any atom is -0.497 e. The van der Waals surface area contributed by atoms with Crippen LogP contribution >= 0.6 is 11.3 Å². The van der Waals surface area contributed by atoms with Crippen molar-refractivity contribution in [1.82, 2.24) is 4.98 Å². The van der Waals surface area contributed by atoms with Gasteiger partial charge in [-0.1, -0.05) is 0 Å². The minimum atomic E-state index is -0.375. The Labute approximate surface area is 143 Å². The molecule has 0 unspecified atom stereocenters. The first-order valence-corrected chi connectivity index (χ1v) is 8.04. The highest BCUT2D eigenvalue weighted by molar-refractivity contribution is 7.09. The number of furan rings is 1. The van der Waals surface area contributed by atoms with Crippen molar-refractivity contribution in [2.24, 2.45) is 0 Å². The number of anilines is 1. The van der Waals surface area contributed by atoms with Crippen LogP contribution in [0.25, 0.3) is 11.5 Å². The van der Waals surface area contributed by atoms with Gasteiger partial charge in [0, 0.05) is 11.4 Å². The number of benzene rings is 1. The third-order valence-electron chi connectivity index (χ3n) is 3.36. The van der Waals surface area contributed by atoms with Gasteiger partial charge >= 0.3 is 0 Å². The lowest BCUT2D eigenvalue weighted by Gasteiger charge is -2.10. The van der Waals surface area contributed by atoms with Gasteiger partial charge in [0.15, 0.2) is 11.5 Å². The summed E-state index contributed by atoms with van der Waals surface area (Å²) in [6.07, 6.45) is 0. The highest BCUT2D eigenvalue weighted by Crippen LogP contribution is 2.30. The maximum absolute atomic E-state index is 12.4. The van der Waals surface area contributed by atoms with Crippen molar-refractivity contribution < 1.29 is 18.7 Å². The van der Waals surface area contributed by atoms with Crippen LogP contribution in [0.4, 0.5) is 5.69 Å². The van der Waals surface area contributed by atoms with Crippen LogP contribution in [0.2, 0.25) is 0 Å². The van der Waals surface area contributed by atoms with E-state index in [0.717, 1.165) is 10.7 Å². The fourth-order valence-electron chi connectivity index (χ4n) is 2.17. The second-order valence-electron chi connectivity index (χ2n) is 4.94. The lowest BCUT2D eigenvalue weighted by Crippen LogP contribution is -2.11. The monoisotopic (exact) mass is 344 g/mol. The predicted octanol–water partition coefficient (Wildman–Crippen LogP) is 3.98. The molecular weight excluding hydrogens is 328 g/mol. The molecule has 0 aliphatic carbocycles. The summed E-state index contributed by atoms with van der Waals surface area (Å²) in [5, 5.41) is 5.60. The average Bonchev–Trinajstić information content (AvgIpc) is 3.23. The number of hydrogen-bond donors (Lipinski definition) is 1. The van der Waals surface area contributed by atoms with E-state index in [1.165, 1.54) is 18.4 Å². The molecule has 124 valence electrons. The van der Waals surface area contributed by atoms with Crippen LogP contribution in [0, 0.1) is 6.92 Å². The molecule has 24 heavy (non-hydrogen) atoms. The normalized spacial score (nSPS) is 10.5. The molecule has 0 atom stereocenters. The molecule has 0 aliphatic heterocycles. The Kier molecular flexibility index (Phi) is 4.52. The number of hydrogen-bond acceptors (Lipinski definition) is 6. The number of aromatic nitrogens is 1. The SMILES string of the molecule is COc1ccc(OC)c(NC(=O)c2ccc(-c3csc(C)n3)o2)c1. The highest BCUT2D eigenvalue weighted by Gasteiger charge is 2.16. The largest absolute Gasteiger partial charge is 0.497 e. The van der Waals surface area contributed by atoms with Gasteiger partial charge in [0.2, 0.25) is 0 Å². The van der Waals surface area contributed by atoms with Crippen molar-refractivity contribution in [2.45, 2.75) is 6.92 Å². The number of amides is 1. The maximum atomic E-state index is 12.4. The van der Waals surface area contributed by atoms with Crippen LogP contribution in [-0.4, -0.2) is 25.1 Å². The van der Waals surface area contributed by atoms with Crippen LogP contribution in [0.5, 0.6) is 11.5 Å². The number of thiazole rings is 1. The van der Waals surface area contributed by atoms with Gasteiger partial charge in [0.05, 0.1) is 24.9 Å². The highest BCUT2D eigenvalue weighted by atomic mass is 32.1. The van der Waals surface area contributed by atoms with Gasteiger partial charge in [-0.15, -0.1) is 11.3 Å². The number of carbonyl (C=O) groups excluding carboxylic acids is 1. The molecule has 0 fully saturated rings. The van der Waals surface area contributed by atoms with Crippen molar-refractivity contribution >= 4 is 22.9 Å². The van der Waals surface area contributed by atoms with E-state index in [1.807, 2.05) is 12.3 Å². The topological polar surface area (TPSA) is 73.6 Å². The second kappa shape index (κ2) is 6.76. The third-order valence-corrected chi connectivity index (χ3v) is 4.13. The van der Waals surface area contributed by atoms with E-state index >= 15 is 0 Å². The summed E-state index contributed by atoms with van der Waals surface area (Å²) in [4.78, 5) is 16.8. The molecule has 0 saturated carbocycles. The number of nitrogens with zero attached hydrogens (tertiary/aromatic N) is 1. The zero-order valence-electron chi connectivity index (χ0n) is 13.5. The molecule has 2 aromatic heterocycles. The number of aryl methyl sites for hydroxylation is 1. The summed E-state index contributed by atoms with van der Waals surface area (Å²) < 4.78 is 16.0. The zero-order chi connectivity index (χ0) is 17.1. The molecule has 1 amide bonds. The van der Waals surface area contributed by atoms with Crippen LogP contribution < -0.4 is 14.8 Å². The molecule has 0 spiro atoms. The number of rotatable bonds is 5. The number of nitrogens with one attached hydrogen (secondary N) is 1. The number of carbonyl (C=O) groups is 1. The quantitative estimate of drug-likeness (QED) is 0.758. The molecule has 3 aromatic rings. The minimum absolute atomic E-state index is 0.195. The van der Waals surface area contributed by atoms with E-state index in [9.17, 15) is 4.79 Å². The van der Waals surface area contributed by atoms with Crippen molar-refractivity contribution in [3.05, 3.63) is 46.5 Å². The van der Waals surface area contributed by atoms with E-state index in [1.54, 1.807) is 37.4 Å². The first-order valence-electron chi connectivity index (χ1n) is 7.16. The summed E-state index contributed by atoms with van der Waals surface area (Å²) in [6.45, 7) is 1.92. The Morgan fingerprint density at radius 1 is 1.21 bits per heavy atom. The fourth-order valence-corrected chi connectivity index (χ4v) is 2.77. The van der Waals surface area contributed by atoms with Gasteiger partial charge in [-0.05, 0) is 31.2 Å². The molecule has 7 heteroatoms. The van der Waals surface area contributed by atoms with E-state index in [4.69, 9.17) is 13.9 Å². The Balaban J connectivity index is 1.82. The summed E-state index contributed by atoms with van der Waals surface area (Å²) in [6, 6.07) is 8.51. The zero-order valence-corrected chi connectivity index (χ0v) is 14.3. The van der Waals surface area contributed by atoms with Crippen molar-refractivity contribution in [1.29, 1.82) is 0 Å². The van der Waals surface area contributed by atoms with Crippen LogP contribution in [0.3, 0.4) is 0 Å². The third kappa shape index (κ3) is 3.26. The Morgan fingerprint density at radius 2 is 2.04 bits per heavy atom.